The van der Waals surface area contributed by atoms with Crippen LogP contribution < -0.4 is 10.0 Å². The third kappa shape index (κ3) is 3.83. The van der Waals surface area contributed by atoms with E-state index in [0.717, 1.165) is 24.2 Å². The van der Waals surface area contributed by atoms with Crippen molar-refractivity contribution in [3.63, 3.8) is 0 Å². The molecule has 0 unspecified atom stereocenters. The highest BCUT2D eigenvalue weighted by molar-refractivity contribution is 7.91. The quantitative estimate of drug-likeness (QED) is 0.767. The summed E-state index contributed by atoms with van der Waals surface area (Å²) in [6, 6.07) is 3.43. The first-order chi connectivity index (χ1) is 9.12. The van der Waals surface area contributed by atoms with Crippen molar-refractivity contribution in [2.45, 2.75) is 17.2 Å². The highest BCUT2D eigenvalue weighted by Gasteiger charge is 2.17. The molecule has 0 aromatic carbocycles. The fourth-order valence-corrected chi connectivity index (χ4v) is 3.77. The van der Waals surface area contributed by atoms with Crippen molar-refractivity contribution in [1.29, 1.82) is 0 Å². The maximum Gasteiger partial charge on any atom is 0.250 e. The summed E-state index contributed by atoms with van der Waals surface area (Å²) < 4.78 is 31.3. The second-order valence-electron chi connectivity index (χ2n) is 3.75. The molecular weight excluding hydrogens is 288 g/mol. The Morgan fingerprint density at radius 3 is 2.95 bits per heavy atom. The smallest absolute Gasteiger partial charge is 0.250 e. The number of likely N-dealkylation sites (N-methyl/N-ethyl adjacent to an activating group) is 1. The van der Waals surface area contributed by atoms with Gasteiger partial charge in [0.15, 0.2) is 5.82 Å². The van der Waals surface area contributed by atoms with E-state index in [1.54, 1.807) is 6.07 Å². The predicted molar refractivity (Wildman–Crippen MR) is 70.3 cm³/mol. The summed E-state index contributed by atoms with van der Waals surface area (Å²) >= 11 is 1.26. The average Bonchev–Trinajstić information content (AvgIpc) is 3.05. The Morgan fingerprint density at radius 1 is 1.42 bits per heavy atom. The normalized spacial score (nSPS) is 11.8. The van der Waals surface area contributed by atoms with Crippen LogP contribution in [-0.4, -0.2) is 32.2 Å². The lowest BCUT2D eigenvalue weighted by molar-refractivity contribution is 0.409. The van der Waals surface area contributed by atoms with Crippen LogP contribution in [0.5, 0.6) is 0 Å². The van der Waals surface area contributed by atoms with Crippen LogP contribution in [0.25, 0.3) is 0 Å². The molecule has 0 atom stereocenters. The molecule has 2 heterocycles. The monoisotopic (exact) mass is 302 g/mol. The van der Waals surface area contributed by atoms with Crippen LogP contribution in [-0.2, 0) is 23.0 Å². The molecule has 2 aromatic rings. The van der Waals surface area contributed by atoms with E-state index in [-0.39, 0.29) is 6.54 Å². The number of thiophene rings is 1. The minimum absolute atomic E-state index is 0.0165. The fourth-order valence-electron chi connectivity index (χ4n) is 1.39. The molecule has 19 heavy (non-hydrogen) atoms. The number of aromatic nitrogens is 2. The first kappa shape index (κ1) is 14.1. The molecule has 0 aliphatic rings. The molecule has 0 spiro atoms. The van der Waals surface area contributed by atoms with E-state index in [1.165, 1.54) is 11.3 Å². The molecule has 0 saturated carbocycles. The number of rotatable bonds is 7. The van der Waals surface area contributed by atoms with Gasteiger partial charge in [-0.1, -0.05) is 5.16 Å². The molecule has 2 N–H and O–H groups in total. The fraction of sp³-hybridized carbons (Fsp3) is 0.400. The van der Waals surface area contributed by atoms with E-state index in [9.17, 15) is 8.42 Å². The summed E-state index contributed by atoms with van der Waals surface area (Å²) in [4.78, 5) is 4.77. The van der Waals surface area contributed by atoms with Crippen LogP contribution in [0.3, 0.4) is 0 Å². The van der Waals surface area contributed by atoms with Gasteiger partial charge in [0.2, 0.25) is 16.4 Å². The second kappa shape index (κ2) is 6.24. The van der Waals surface area contributed by atoms with Gasteiger partial charge >= 0.3 is 0 Å². The topological polar surface area (TPSA) is 97.1 Å². The van der Waals surface area contributed by atoms with Crippen LogP contribution in [0.4, 0.5) is 0 Å². The SMILES string of the molecule is CNCCc1ccc(S(=O)(=O)NCc2ncon2)s1. The van der Waals surface area contributed by atoms with Gasteiger partial charge in [-0.15, -0.1) is 11.3 Å². The van der Waals surface area contributed by atoms with E-state index in [0.29, 0.717) is 10.0 Å². The molecule has 7 nitrogen and oxygen atoms in total. The third-order valence-electron chi connectivity index (χ3n) is 2.35. The maximum absolute atomic E-state index is 12.0. The molecule has 0 saturated heterocycles. The van der Waals surface area contributed by atoms with E-state index >= 15 is 0 Å². The van der Waals surface area contributed by atoms with E-state index < -0.39 is 10.0 Å². The zero-order valence-corrected chi connectivity index (χ0v) is 11.9. The van der Waals surface area contributed by atoms with E-state index in [1.807, 2.05) is 13.1 Å². The van der Waals surface area contributed by atoms with Gasteiger partial charge in [-0.05, 0) is 32.1 Å². The van der Waals surface area contributed by atoms with Crippen molar-refractivity contribution in [3.05, 3.63) is 29.2 Å². The van der Waals surface area contributed by atoms with Gasteiger partial charge < -0.3 is 9.84 Å². The van der Waals surface area contributed by atoms with Crippen LogP contribution >= 0.6 is 11.3 Å². The highest BCUT2D eigenvalue weighted by atomic mass is 32.2. The summed E-state index contributed by atoms with van der Waals surface area (Å²) in [6.45, 7) is 0.832. The molecule has 104 valence electrons. The van der Waals surface area contributed by atoms with Gasteiger partial charge in [0.1, 0.15) is 4.21 Å². The zero-order valence-electron chi connectivity index (χ0n) is 10.3. The lowest BCUT2D eigenvalue weighted by atomic mass is 10.3. The van der Waals surface area contributed by atoms with Crippen molar-refractivity contribution < 1.29 is 12.9 Å². The van der Waals surface area contributed by atoms with Crippen molar-refractivity contribution in [1.82, 2.24) is 20.2 Å². The molecule has 0 radical (unpaired) electrons. The molecular formula is C10H14N4O3S2. The molecule has 0 bridgehead atoms. The summed E-state index contributed by atoms with van der Waals surface area (Å²) in [7, 11) is -1.66. The Kier molecular flexibility index (Phi) is 4.64. The number of sulfonamides is 1. The van der Waals surface area contributed by atoms with Gasteiger partial charge in [0.05, 0.1) is 6.54 Å². The first-order valence-corrected chi connectivity index (χ1v) is 7.90. The highest BCUT2D eigenvalue weighted by Crippen LogP contribution is 2.21. The molecule has 0 aliphatic heterocycles. The Balaban J connectivity index is 2.00. The number of nitrogens with zero attached hydrogens (tertiary/aromatic N) is 2. The minimum atomic E-state index is -3.51. The maximum atomic E-state index is 12.0. The predicted octanol–water partition coefficient (Wildman–Crippen LogP) is 0.371. The van der Waals surface area contributed by atoms with Gasteiger partial charge in [-0.3, -0.25) is 0 Å². The Hall–Kier alpha value is -1.29. The van der Waals surface area contributed by atoms with Gasteiger partial charge in [0.25, 0.3) is 0 Å². The molecule has 0 fully saturated rings. The van der Waals surface area contributed by atoms with Crippen molar-refractivity contribution in [2.24, 2.45) is 0 Å². The van der Waals surface area contributed by atoms with Crippen molar-refractivity contribution in [2.75, 3.05) is 13.6 Å². The Bertz CT molecular complexity index is 607. The number of nitrogens with one attached hydrogen (secondary N) is 2. The van der Waals surface area contributed by atoms with Crippen molar-refractivity contribution in [3.8, 4) is 0 Å². The van der Waals surface area contributed by atoms with E-state index in [2.05, 4.69) is 24.7 Å². The standard InChI is InChI=1S/C10H14N4O3S2/c1-11-5-4-8-2-3-10(18-8)19(15,16)13-6-9-12-7-17-14-9/h2-3,7,11,13H,4-6H2,1H3. The second-order valence-corrected chi connectivity index (χ2v) is 6.91. The lowest BCUT2D eigenvalue weighted by Crippen LogP contribution is -2.22. The van der Waals surface area contributed by atoms with Gasteiger partial charge in [-0.2, -0.15) is 4.98 Å². The third-order valence-corrected chi connectivity index (χ3v) is 5.39. The Morgan fingerprint density at radius 2 is 2.26 bits per heavy atom. The number of hydrogen-bond acceptors (Lipinski definition) is 7. The van der Waals surface area contributed by atoms with Crippen LogP contribution in [0.15, 0.2) is 27.3 Å². The zero-order chi connectivity index (χ0) is 13.7. The largest absolute Gasteiger partial charge is 0.343 e. The summed E-state index contributed by atoms with van der Waals surface area (Å²) in [5.74, 6) is 0.301. The van der Waals surface area contributed by atoms with Crippen LogP contribution in [0.1, 0.15) is 10.7 Å². The Labute approximate surface area is 115 Å². The average molecular weight is 302 g/mol. The molecule has 0 aliphatic carbocycles. The van der Waals surface area contributed by atoms with E-state index in [4.69, 9.17) is 0 Å². The molecule has 0 amide bonds. The summed E-state index contributed by atoms with van der Waals surface area (Å²) in [5, 5.41) is 6.56. The minimum Gasteiger partial charge on any atom is -0.343 e. The van der Waals surface area contributed by atoms with Crippen LogP contribution in [0, 0.1) is 0 Å². The summed E-state index contributed by atoms with van der Waals surface area (Å²) in [5.41, 5.74) is 0. The lowest BCUT2D eigenvalue weighted by Gasteiger charge is -2.01. The van der Waals surface area contributed by atoms with Crippen LogP contribution in [0.2, 0.25) is 0 Å². The summed E-state index contributed by atoms with van der Waals surface area (Å²) in [6.07, 6.45) is 1.96. The molecule has 2 rings (SSSR count). The van der Waals surface area contributed by atoms with Crippen molar-refractivity contribution >= 4 is 21.4 Å². The number of hydrogen-bond donors (Lipinski definition) is 2. The molecule has 2 aromatic heterocycles. The van der Waals surface area contributed by atoms with Gasteiger partial charge in [-0.25, -0.2) is 13.1 Å². The van der Waals surface area contributed by atoms with Gasteiger partial charge in [0, 0.05) is 4.88 Å². The molecule has 9 heteroatoms. The first-order valence-electron chi connectivity index (χ1n) is 5.60.